The summed E-state index contributed by atoms with van der Waals surface area (Å²) in [6, 6.07) is 3.15. The highest BCUT2D eigenvalue weighted by molar-refractivity contribution is 6.29. The summed E-state index contributed by atoms with van der Waals surface area (Å²) in [5.74, 6) is 0.0943. The molecule has 1 aromatic rings. The number of carbonyl (C=O) groups excluding carboxylic acids is 1. The molecular weight excluding hydrogens is 294 g/mol. The van der Waals surface area contributed by atoms with E-state index in [1.54, 1.807) is 24.1 Å². The number of aliphatic hydroxyl groups is 1. The summed E-state index contributed by atoms with van der Waals surface area (Å²) < 4.78 is 10.3. The number of hydrogen-bond acceptors (Lipinski definition) is 4. The van der Waals surface area contributed by atoms with Crippen LogP contribution in [-0.4, -0.2) is 49.3 Å². The van der Waals surface area contributed by atoms with E-state index in [0.717, 1.165) is 25.7 Å². The fraction of sp³-hybridized carbons (Fsp3) is 0.667. The van der Waals surface area contributed by atoms with E-state index in [-0.39, 0.29) is 28.9 Å². The van der Waals surface area contributed by atoms with Crippen molar-refractivity contribution in [2.75, 3.05) is 33.4 Å². The Labute approximate surface area is 129 Å². The molecule has 1 saturated heterocycles. The number of rotatable bonds is 6. The van der Waals surface area contributed by atoms with Gasteiger partial charge >= 0.3 is 0 Å². The Morgan fingerprint density at radius 3 is 3.00 bits per heavy atom. The summed E-state index contributed by atoms with van der Waals surface area (Å²) in [5.41, 5.74) is -0.233. The van der Waals surface area contributed by atoms with E-state index in [0.29, 0.717) is 19.7 Å². The van der Waals surface area contributed by atoms with Crippen LogP contribution in [0.4, 0.5) is 0 Å². The summed E-state index contributed by atoms with van der Waals surface area (Å²) in [6.45, 7) is 1.98. The number of piperidine rings is 1. The van der Waals surface area contributed by atoms with Gasteiger partial charge < -0.3 is 19.2 Å². The first-order valence-electron chi connectivity index (χ1n) is 7.25. The molecule has 0 radical (unpaired) electrons. The third-order valence-electron chi connectivity index (χ3n) is 4.12. The molecule has 2 rings (SSSR count). The Morgan fingerprint density at radius 1 is 1.57 bits per heavy atom. The summed E-state index contributed by atoms with van der Waals surface area (Å²) in [6.07, 6.45) is 3.54. The van der Waals surface area contributed by atoms with Crippen molar-refractivity contribution >= 4 is 17.5 Å². The van der Waals surface area contributed by atoms with Gasteiger partial charge in [0, 0.05) is 32.2 Å². The predicted molar refractivity (Wildman–Crippen MR) is 79.5 cm³/mol. The summed E-state index contributed by atoms with van der Waals surface area (Å²) in [5, 5.41) is 10.0. The smallest absolute Gasteiger partial charge is 0.289 e. The van der Waals surface area contributed by atoms with E-state index < -0.39 is 0 Å². The quantitative estimate of drug-likeness (QED) is 0.820. The number of halogens is 1. The van der Waals surface area contributed by atoms with Crippen molar-refractivity contribution in [1.82, 2.24) is 4.90 Å². The van der Waals surface area contributed by atoms with Crippen LogP contribution in [-0.2, 0) is 4.74 Å². The van der Waals surface area contributed by atoms with Gasteiger partial charge in [0.25, 0.3) is 5.91 Å². The molecule has 1 amide bonds. The van der Waals surface area contributed by atoms with Crippen molar-refractivity contribution in [2.24, 2.45) is 5.41 Å². The lowest BCUT2D eigenvalue weighted by molar-refractivity contribution is 0.0164. The molecule has 118 valence electrons. The highest BCUT2D eigenvalue weighted by Gasteiger charge is 2.37. The van der Waals surface area contributed by atoms with Gasteiger partial charge in [0.05, 0.1) is 6.61 Å². The minimum absolute atomic E-state index is 0.0827. The van der Waals surface area contributed by atoms with E-state index in [1.807, 2.05) is 0 Å². The Kier molecular flexibility index (Phi) is 5.67. The molecule has 0 spiro atoms. The van der Waals surface area contributed by atoms with Gasteiger partial charge in [0.15, 0.2) is 11.0 Å². The van der Waals surface area contributed by atoms with E-state index in [9.17, 15) is 9.90 Å². The van der Waals surface area contributed by atoms with Gasteiger partial charge in [-0.05, 0) is 49.4 Å². The van der Waals surface area contributed by atoms with Gasteiger partial charge in [0.1, 0.15) is 0 Å². The van der Waals surface area contributed by atoms with Crippen LogP contribution in [0.5, 0.6) is 0 Å². The maximum Gasteiger partial charge on any atom is 0.289 e. The Hall–Kier alpha value is -1.04. The fourth-order valence-electron chi connectivity index (χ4n) is 2.97. The monoisotopic (exact) mass is 315 g/mol. The largest absolute Gasteiger partial charge is 0.440 e. The van der Waals surface area contributed by atoms with Crippen molar-refractivity contribution in [3.8, 4) is 0 Å². The molecule has 0 aromatic carbocycles. The molecule has 1 unspecified atom stereocenters. The summed E-state index contributed by atoms with van der Waals surface area (Å²) in [7, 11) is 1.67. The molecule has 0 aliphatic carbocycles. The van der Waals surface area contributed by atoms with Gasteiger partial charge in [-0.2, -0.15) is 0 Å². The zero-order valence-corrected chi connectivity index (χ0v) is 13.1. The van der Waals surface area contributed by atoms with E-state index >= 15 is 0 Å². The Balaban J connectivity index is 2.02. The normalized spacial score (nSPS) is 22.5. The fourth-order valence-corrected chi connectivity index (χ4v) is 3.12. The second kappa shape index (κ2) is 7.29. The number of aliphatic hydroxyl groups excluding tert-OH is 1. The molecule has 21 heavy (non-hydrogen) atoms. The van der Waals surface area contributed by atoms with Gasteiger partial charge in [-0.15, -0.1) is 0 Å². The topological polar surface area (TPSA) is 62.9 Å². The molecule has 0 saturated carbocycles. The number of methoxy groups -OCH3 is 1. The maximum absolute atomic E-state index is 12.4. The number of nitrogens with zero attached hydrogens (tertiary/aromatic N) is 1. The number of ether oxygens (including phenoxy) is 1. The van der Waals surface area contributed by atoms with E-state index in [1.165, 1.54) is 0 Å². The lowest BCUT2D eigenvalue weighted by Crippen LogP contribution is -2.48. The summed E-state index contributed by atoms with van der Waals surface area (Å²) >= 11 is 5.72. The van der Waals surface area contributed by atoms with E-state index in [4.69, 9.17) is 20.8 Å². The molecule has 5 nitrogen and oxygen atoms in total. The van der Waals surface area contributed by atoms with E-state index in [2.05, 4.69) is 0 Å². The van der Waals surface area contributed by atoms with Gasteiger partial charge in [-0.25, -0.2) is 0 Å². The lowest BCUT2D eigenvalue weighted by Gasteiger charge is -2.41. The van der Waals surface area contributed by atoms with Crippen LogP contribution in [0.3, 0.4) is 0 Å². The first-order chi connectivity index (χ1) is 10.1. The third kappa shape index (κ3) is 3.99. The second-order valence-electron chi connectivity index (χ2n) is 5.69. The SMILES string of the molecule is COCCCC1(CO)CCCN(C(=O)c2ccc(Cl)o2)C1. The average molecular weight is 316 g/mol. The highest BCUT2D eigenvalue weighted by Crippen LogP contribution is 2.35. The number of amides is 1. The van der Waals surface area contributed by atoms with Crippen molar-refractivity contribution in [1.29, 1.82) is 0 Å². The van der Waals surface area contributed by atoms with Crippen LogP contribution in [0.15, 0.2) is 16.5 Å². The first-order valence-corrected chi connectivity index (χ1v) is 7.62. The van der Waals surface area contributed by atoms with Crippen LogP contribution in [0.25, 0.3) is 0 Å². The molecule has 1 aliphatic heterocycles. The van der Waals surface area contributed by atoms with Gasteiger partial charge in [0.2, 0.25) is 0 Å². The molecule has 1 aliphatic rings. The second-order valence-corrected chi connectivity index (χ2v) is 6.06. The molecule has 1 aromatic heterocycles. The molecule has 2 heterocycles. The molecule has 1 N–H and O–H groups in total. The number of carbonyl (C=O) groups is 1. The molecule has 6 heteroatoms. The lowest BCUT2D eigenvalue weighted by atomic mass is 9.77. The first kappa shape index (κ1) is 16.3. The van der Waals surface area contributed by atoms with Crippen molar-refractivity contribution in [3.05, 3.63) is 23.1 Å². The number of likely N-dealkylation sites (tertiary alicyclic amines) is 1. The maximum atomic E-state index is 12.4. The zero-order chi connectivity index (χ0) is 15.3. The minimum Gasteiger partial charge on any atom is -0.440 e. The van der Waals surface area contributed by atoms with Crippen LogP contribution in [0.1, 0.15) is 36.2 Å². The van der Waals surface area contributed by atoms with Crippen LogP contribution < -0.4 is 0 Å². The van der Waals surface area contributed by atoms with Crippen molar-refractivity contribution in [3.63, 3.8) is 0 Å². The van der Waals surface area contributed by atoms with Crippen LogP contribution in [0.2, 0.25) is 5.22 Å². The average Bonchev–Trinajstić information content (AvgIpc) is 2.93. The Morgan fingerprint density at radius 2 is 2.38 bits per heavy atom. The van der Waals surface area contributed by atoms with Gasteiger partial charge in [-0.3, -0.25) is 4.79 Å². The van der Waals surface area contributed by atoms with Crippen molar-refractivity contribution in [2.45, 2.75) is 25.7 Å². The standard InChI is InChI=1S/C15H22ClNO4/c1-20-9-3-7-15(11-18)6-2-8-17(10-15)14(19)12-4-5-13(16)21-12/h4-5,18H,2-3,6-11H2,1H3. The third-order valence-corrected chi connectivity index (χ3v) is 4.33. The van der Waals surface area contributed by atoms with Crippen molar-refractivity contribution < 1.29 is 19.1 Å². The van der Waals surface area contributed by atoms with Gasteiger partial charge in [-0.1, -0.05) is 0 Å². The molecular formula is C15H22ClNO4. The Bertz CT molecular complexity index is 476. The number of hydrogen-bond donors (Lipinski definition) is 1. The minimum atomic E-state index is -0.233. The van der Waals surface area contributed by atoms with Crippen LogP contribution in [0, 0.1) is 5.41 Å². The molecule has 1 atom stereocenters. The molecule has 1 fully saturated rings. The highest BCUT2D eigenvalue weighted by atomic mass is 35.5. The van der Waals surface area contributed by atoms with Crippen LogP contribution >= 0.6 is 11.6 Å². The predicted octanol–water partition coefficient (Wildman–Crippen LogP) is 2.57. The summed E-state index contributed by atoms with van der Waals surface area (Å²) in [4.78, 5) is 14.2. The number of furan rings is 1. The molecule has 0 bridgehead atoms. The zero-order valence-electron chi connectivity index (χ0n) is 12.3.